The lowest BCUT2D eigenvalue weighted by Gasteiger charge is -2.33. The van der Waals surface area contributed by atoms with Gasteiger partial charge in [-0.3, -0.25) is 0 Å². The molecule has 0 saturated carbocycles. The van der Waals surface area contributed by atoms with Crippen molar-refractivity contribution in [2.45, 2.75) is 25.8 Å². The minimum Gasteiger partial charge on any atom is -0.385 e. The van der Waals surface area contributed by atoms with Crippen molar-refractivity contribution in [3.05, 3.63) is 63.1 Å². The molecule has 0 amide bonds. The highest BCUT2D eigenvalue weighted by Crippen LogP contribution is 2.38. The van der Waals surface area contributed by atoms with Crippen molar-refractivity contribution < 1.29 is 0 Å². The van der Waals surface area contributed by atoms with Gasteiger partial charge >= 0.3 is 0 Å². The first-order valence-electron chi connectivity index (χ1n) is 8.08. The van der Waals surface area contributed by atoms with Gasteiger partial charge in [0.25, 0.3) is 0 Å². The van der Waals surface area contributed by atoms with Crippen LogP contribution in [0.1, 0.15) is 36.0 Å². The van der Waals surface area contributed by atoms with Crippen LogP contribution in [-0.4, -0.2) is 25.0 Å². The molecule has 1 aliphatic heterocycles. The highest BCUT2D eigenvalue weighted by atomic mass is 35.5. The van der Waals surface area contributed by atoms with E-state index in [0.717, 1.165) is 31.1 Å². The van der Waals surface area contributed by atoms with Gasteiger partial charge in [0, 0.05) is 41.3 Å². The summed E-state index contributed by atoms with van der Waals surface area (Å²) in [6, 6.07) is 12.6. The Labute approximate surface area is 148 Å². The van der Waals surface area contributed by atoms with Crippen LogP contribution in [0.5, 0.6) is 0 Å². The fourth-order valence-corrected chi connectivity index (χ4v) is 3.83. The molecule has 0 fully saturated rings. The van der Waals surface area contributed by atoms with Gasteiger partial charge in [-0.25, -0.2) is 0 Å². The summed E-state index contributed by atoms with van der Waals surface area (Å²) in [5.74, 6) is 0.295. The van der Waals surface area contributed by atoms with Crippen LogP contribution >= 0.6 is 23.2 Å². The number of anilines is 1. The second-order valence-electron chi connectivity index (χ2n) is 6.26. The molecule has 2 aromatic carbocycles. The number of nitrogens with one attached hydrogen (secondary N) is 1. The van der Waals surface area contributed by atoms with Crippen LogP contribution in [0.15, 0.2) is 36.4 Å². The minimum absolute atomic E-state index is 0.295. The molecular weight excluding hydrogens is 327 g/mol. The van der Waals surface area contributed by atoms with Gasteiger partial charge < -0.3 is 10.2 Å². The van der Waals surface area contributed by atoms with E-state index in [-0.39, 0.29) is 0 Å². The van der Waals surface area contributed by atoms with E-state index in [1.54, 1.807) is 0 Å². The summed E-state index contributed by atoms with van der Waals surface area (Å²) in [6.45, 7) is 5.01. The van der Waals surface area contributed by atoms with Gasteiger partial charge in [-0.15, -0.1) is 0 Å². The van der Waals surface area contributed by atoms with Gasteiger partial charge in [-0.1, -0.05) is 42.3 Å². The molecule has 0 saturated heterocycles. The molecule has 0 aromatic heterocycles. The SMILES string of the molecule is CCCNc1cccc(C2CN(C)Cc3c(Cl)cc(Cl)cc32)c1. The Hall–Kier alpha value is -1.22. The quantitative estimate of drug-likeness (QED) is 0.796. The summed E-state index contributed by atoms with van der Waals surface area (Å²) in [7, 11) is 2.14. The lowest BCUT2D eigenvalue weighted by atomic mass is 9.84. The van der Waals surface area contributed by atoms with E-state index in [1.807, 2.05) is 6.07 Å². The molecule has 0 bridgehead atoms. The Bertz CT molecular complexity index is 700. The Morgan fingerprint density at radius 1 is 1.22 bits per heavy atom. The second kappa shape index (κ2) is 7.12. The molecule has 2 aromatic rings. The van der Waals surface area contributed by atoms with Gasteiger partial charge in [0.1, 0.15) is 0 Å². The number of fused-ring (bicyclic) bond motifs is 1. The predicted molar refractivity (Wildman–Crippen MR) is 99.9 cm³/mol. The van der Waals surface area contributed by atoms with Crippen molar-refractivity contribution in [1.29, 1.82) is 0 Å². The fourth-order valence-electron chi connectivity index (χ4n) is 3.27. The predicted octanol–water partition coefficient (Wildman–Crippen LogP) is 5.39. The monoisotopic (exact) mass is 348 g/mol. The standard InChI is InChI=1S/C19H22Cl2N2/c1-3-7-22-15-6-4-5-13(8-15)17-11-23(2)12-18-16(17)9-14(20)10-19(18)21/h4-6,8-10,17,22H,3,7,11-12H2,1-2H3. The van der Waals surface area contributed by atoms with Crippen LogP contribution in [-0.2, 0) is 6.54 Å². The topological polar surface area (TPSA) is 15.3 Å². The Morgan fingerprint density at radius 2 is 2.04 bits per heavy atom. The fraction of sp³-hybridized carbons (Fsp3) is 0.368. The van der Waals surface area contributed by atoms with E-state index >= 15 is 0 Å². The summed E-state index contributed by atoms with van der Waals surface area (Å²) in [6.07, 6.45) is 1.12. The summed E-state index contributed by atoms with van der Waals surface area (Å²) in [4.78, 5) is 2.32. The first kappa shape index (κ1) is 16.6. The van der Waals surface area contributed by atoms with Crippen molar-refractivity contribution in [3.8, 4) is 0 Å². The van der Waals surface area contributed by atoms with Crippen molar-refractivity contribution in [1.82, 2.24) is 4.90 Å². The van der Waals surface area contributed by atoms with Crippen LogP contribution in [0.25, 0.3) is 0 Å². The van der Waals surface area contributed by atoms with E-state index in [1.165, 1.54) is 22.4 Å². The first-order chi connectivity index (χ1) is 11.1. The average molecular weight is 349 g/mol. The first-order valence-corrected chi connectivity index (χ1v) is 8.84. The zero-order valence-corrected chi connectivity index (χ0v) is 15.1. The maximum atomic E-state index is 6.44. The molecule has 1 unspecified atom stereocenters. The van der Waals surface area contributed by atoms with E-state index < -0.39 is 0 Å². The highest BCUT2D eigenvalue weighted by Gasteiger charge is 2.27. The molecule has 122 valence electrons. The van der Waals surface area contributed by atoms with Crippen LogP contribution in [0.3, 0.4) is 0 Å². The van der Waals surface area contributed by atoms with E-state index in [2.05, 4.69) is 54.5 Å². The molecule has 0 spiro atoms. The molecule has 1 N–H and O–H groups in total. The van der Waals surface area contributed by atoms with Gasteiger partial charge in [0.05, 0.1) is 0 Å². The Kier molecular flexibility index (Phi) is 5.15. The normalized spacial score (nSPS) is 17.8. The Balaban J connectivity index is 2.01. The van der Waals surface area contributed by atoms with Crippen molar-refractivity contribution in [3.63, 3.8) is 0 Å². The van der Waals surface area contributed by atoms with E-state index in [4.69, 9.17) is 23.2 Å². The molecule has 0 radical (unpaired) electrons. The lowest BCUT2D eigenvalue weighted by molar-refractivity contribution is 0.295. The molecule has 23 heavy (non-hydrogen) atoms. The van der Waals surface area contributed by atoms with Crippen molar-refractivity contribution in [2.75, 3.05) is 25.5 Å². The number of halogens is 2. The second-order valence-corrected chi connectivity index (χ2v) is 7.10. The largest absolute Gasteiger partial charge is 0.385 e. The molecule has 1 atom stereocenters. The lowest BCUT2D eigenvalue weighted by Crippen LogP contribution is -2.31. The molecule has 1 aliphatic rings. The number of likely N-dealkylation sites (N-methyl/N-ethyl adjacent to an activating group) is 1. The third-order valence-corrected chi connectivity index (χ3v) is 4.92. The number of nitrogens with zero attached hydrogens (tertiary/aromatic N) is 1. The summed E-state index contributed by atoms with van der Waals surface area (Å²) < 4.78 is 0. The molecule has 3 rings (SSSR count). The molecular formula is C19H22Cl2N2. The summed E-state index contributed by atoms with van der Waals surface area (Å²) >= 11 is 12.7. The minimum atomic E-state index is 0.295. The molecule has 2 nitrogen and oxygen atoms in total. The summed E-state index contributed by atoms with van der Waals surface area (Å²) in [5, 5.41) is 4.95. The summed E-state index contributed by atoms with van der Waals surface area (Å²) in [5.41, 5.74) is 4.93. The third kappa shape index (κ3) is 3.65. The molecule has 0 aliphatic carbocycles. The van der Waals surface area contributed by atoms with Gasteiger partial charge in [-0.05, 0) is 54.4 Å². The van der Waals surface area contributed by atoms with Crippen LogP contribution in [0.2, 0.25) is 10.0 Å². The van der Waals surface area contributed by atoms with Crippen molar-refractivity contribution >= 4 is 28.9 Å². The van der Waals surface area contributed by atoms with Crippen molar-refractivity contribution in [2.24, 2.45) is 0 Å². The smallest absolute Gasteiger partial charge is 0.0468 e. The Morgan fingerprint density at radius 3 is 2.83 bits per heavy atom. The van der Waals surface area contributed by atoms with E-state index in [9.17, 15) is 0 Å². The van der Waals surface area contributed by atoms with Crippen LogP contribution < -0.4 is 5.32 Å². The maximum Gasteiger partial charge on any atom is 0.0468 e. The van der Waals surface area contributed by atoms with E-state index in [0.29, 0.717) is 10.9 Å². The zero-order chi connectivity index (χ0) is 16.4. The van der Waals surface area contributed by atoms with Gasteiger partial charge in [-0.2, -0.15) is 0 Å². The van der Waals surface area contributed by atoms with Gasteiger partial charge in [0.15, 0.2) is 0 Å². The van der Waals surface area contributed by atoms with Crippen LogP contribution in [0.4, 0.5) is 5.69 Å². The number of hydrogen-bond donors (Lipinski definition) is 1. The zero-order valence-electron chi connectivity index (χ0n) is 13.6. The maximum absolute atomic E-state index is 6.44. The molecule has 1 heterocycles. The number of rotatable bonds is 4. The number of hydrogen-bond acceptors (Lipinski definition) is 2. The highest BCUT2D eigenvalue weighted by molar-refractivity contribution is 6.35. The average Bonchev–Trinajstić information content (AvgIpc) is 2.53. The molecule has 4 heteroatoms. The van der Waals surface area contributed by atoms with Gasteiger partial charge in [0.2, 0.25) is 0 Å². The number of benzene rings is 2. The third-order valence-electron chi connectivity index (χ3n) is 4.36. The van der Waals surface area contributed by atoms with Crippen LogP contribution in [0, 0.1) is 0 Å².